The average molecular weight is 254 g/mol. The molecule has 0 radical (unpaired) electrons. The van der Waals surface area contributed by atoms with E-state index in [1.165, 1.54) is 0 Å². The molecule has 0 saturated carbocycles. The zero-order chi connectivity index (χ0) is 13.8. The predicted molar refractivity (Wildman–Crippen MR) is 50.3 cm³/mol. The highest BCUT2D eigenvalue weighted by Crippen LogP contribution is 1.93. The third-order valence-corrected chi connectivity index (χ3v) is 0.319. The van der Waals surface area contributed by atoms with Crippen molar-refractivity contribution >= 4 is 0 Å². The third kappa shape index (κ3) is 235. The fourth-order valence-electron chi connectivity index (χ4n) is 0. The van der Waals surface area contributed by atoms with Crippen LogP contribution in [0.15, 0.2) is 38.0 Å². The molecule has 0 aromatic rings. The standard InChI is InChI=1S/C3H7F.C2HF3.C2H2F2.C2H3F/c1-2-3-4;3-1-2(4)5;3-1-2-4;1-2-3/h2-3H2,1H3;1H;1-2H;2H,1H2. The topological polar surface area (TPSA) is 0 Å². The predicted octanol–water partition coefficient (Wildman–Crippen LogP) is 5.56. The normalized spacial score (nSPS) is 7.25. The average Bonchev–Trinajstić information content (AvgIpc) is 2.30. The van der Waals surface area contributed by atoms with Gasteiger partial charge in [-0.1, -0.05) is 13.5 Å². The molecule has 0 amide bonds. The van der Waals surface area contributed by atoms with E-state index in [2.05, 4.69) is 6.58 Å². The van der Waals surface area contributed by atoms with Crippen molar-refractivity contribution in [1.82, 2.24) is 0 Å². The molecule has 98 valence electrons. The van der Waals surface area contributed by atoms with Crippen LogP contribution in [0.25, 0.3) is 0 Å². The Bertz CT molecular complexity index is 144. The minimum atomic E-state index is -2.29. The summed E-state index contributed by atoms with van der Waals surface area (Å²) in [5, 5.41) is 0. The van der Waals surface area contributed by atoms with Crippen LogP contribution in [0.2, 0.25) is 0 Å². The van der Waals surface area contributed by atoms with Crippen LogP contribution >= 0.6 is 0 Å². The molecule has 0 heterocycles. The van der Waals surface area contributed by atoms with Crippen LogP contribution < -0.4 is 0 Å². The molecule has 0 unspecified atom stereocenters. The molecule has 0 fully saturated rings. The first-order valence-electron chi connectivity index (χ1n) is 3.76. The zero-order valence-electron chi connectivity index (χ0n) is 8.58. The minimum absolute atomic E-state index is 0.167. The highest BCUT2D eigenvalue weighted by Gasteiger charge is 1.78. The van der Waals surface area contributed by atoms with Crippen LogP contribution in [0.1, 0.15) is 13.3 Å². The van der Waals surface area contributed by atoms with Gasteiger partial charge in [-0.3, -0.25) is 4.39 Å². The summed E-state index contributed by atoms with van der Waals surface area (Å²) in [5.74, 6) is 0. The monoisotopic (exact) mass is 254 g/mol. The van der Waals surface area contributed by atoms with Crippen molar-refractivity contribution in [2.24, 2.45) is 0 Å². The molecule has 0 saturated heterocycles. The molecule has 0 bridgehead atoms. The van der Waals surface area contributed by atoms with Crippen molar-refractivity contribution in [3.05, 3.63) is 38.0 Å². The number of halogens is 7. The maximum absolute atomic E-state index is 10.7. The van der Waals surface area contributed by atoms with Gasteiger partial charge >= 0.3 is 0 Å². The summed E-state index contributed by atoms with van der Waals surface area (Å²) in [6.45, 7) is 4.32. The van der Waals surface area contributed by atoms with Gasteiger partial charge in [-0.25, -0.2) is 17.6 Å². The highest BCUT2D eigenvalue weighted by molar-refractivity contribution is 4.66. The van der Waals surface area contributed by atoms with Crippen LogP contribution in [-0.2, 0) is 0 Å². The highest BCUT2D eigenvalue weighted by atomic mass is 19.3. The van der Waals surface area contributed by atoms with E-state index in [9.17, 15) is 30.7 Å². The Morgan fingerprint density at radius 3 is 1.25 bits per heavy atom. The minimum Gasteiger partial charge on any atom is -0.251 e. The Morgan fingerprint density at radius 2 is 1.25 bits per heavy atom. The molecule has 0 aliphatic carbocycles. The fraction of sp³-hybridized carbons (Fsp3) is 0.333. The van der Waals surface area contributed by atoms with Crippen molar-refractivity contribution in [3.8, 4) is 0 Å². The molecular weight excluding hydrogens is 241 g/mol. The number of rotatable bonds is 1. The van der Waals surface area contributed by atoms with E-state index in [0.717, 1.165) is 0 Å². The van der Waals surface area contributed by atoms with Crippen molar-refractivity contribution in [3.63, 3.8) is 0 Å². The second kappa shape index (κ2) is 37.2. The summed E-state index contributed by atoms with van der Waals surface area (Å²) in [6, 6.07) is 0. The van der Waals surface area contributed by atoms with Crippen molar-refractivity contribution in [1.29, 1.82) is 0 Å². The molecular formula is C9H13F7. The fourth-order valence-corrected chi connectivity index (χ4v) is 0. The lowest BCUT2D eigenvalue weighted by Crippen LogP contribution is -1.58. The number of hydrogen-bond donors (Lipinski definition) is 0. The van der Waals surface area contributed by atoms with Crippen LogP contribution in [0.4, 0.5) is 30.7 Å². The Balaban J connectivity index is -0.0000000610. The molecule has 0 aliphatic heterocycles. The Labute approximate surface area is 89.8 Å². The van der Waals surface area contributed by atoms with Crippen molar-refractivity contribution in [2.45, 2.75) is 13.3 Å². The van der Waals surface area contributed by atoms with Gasteiger partial charge < -0.3 is 0 Å². The molecule has 0 atom stereocenters. The Morgan fingerprint density at radius 1 is 1.06 bits per heavy atom. The largest absolute Gasteiger partial charge is 0.298 e. The van der Waals surface area contributed by atoms with Crippen LogP contribution in [0, 0.1) is 0 Å². The van der Waals surface area contributed by atoms with Gasteiger partial charge in [-0.2, -0.15) is 8.78 Å². The lowest BCUT2D eigenvalue weighted by molar-refractivity contribution is 0.400. The molecule has 0 nitrogen and oxygen atoms in total. The van der Waals surface area contributed by atoms with E-state index in [1.54, 1.807) is 6.92 Å². The second-order valence-electron chi connectivity index (χ2n) is 1.49. The van der Waals surface area contributed by atoms with Gasteiger partial charge in [0.1, 0.15) is 12.7 Å². The molecule has 0 aromatic heterocycles. The molecule has 7 heteroatoms. The zero-order valence-corrected chi connectivity index (χ0v) is 8.58. The van der Waals surface area contributed by atoms with E-state index in [1.807, 2.05) is 0 Å². The van der Waals surface area contributed by atoms with Crippen LogP contribution in [-0.4, -0.2) is 6.67 Å². The van der Waals surface area contributed by atoms with E-state index < -0.39 is 12.4 Å². The van der Waals surface area contributed by atoms with Crippen molar-refractivity contribution in [2.75, 3.05) is 6.67 Å². The van der Waals surface area contributed by atoms with Gasteiger partial charge in [-0.15, -0.1) is 0 Å². The first-order chi connectivity index (χ1) is 7.51. The van der Waals surface area contributed by atoms with Gasteiger partial charge in [0.25, 0.3) is 6.08 Å². The molecule has 0 rings (SSSR count). The van der Waals surface area contributed by atoms with E-state index in [0.29, 0.717) is 6.42 Å². The first kappa shape index (κ1) is 24.1. The van der Waals surface area contributed by atoms with Gasteiger partial charge in [0.2, 0.25) is 0 Å². The lowest BCUT2D eigenvalue weighted by Gasteiger charge is -1.64. The Hall–Kier alpha value is -1.27. The molecule has 0 N–H and O–H groups in total. The van der Waals surface area contributed by atoms with Crippen LogP contribution in [0.3, 0.4) is 0 Å². The summed E-state index contributed by atoms with van der Waals surface area (Å²) in [7, 11) is 0. The smallest absolute Gasteiger partial charge is 0.251 e. The van der Waals surface area contributed by atoms with Gasteiger partial charge in [0.05, 0.1) is 13.0 Å². The van der Waals surface area contributed by atoms with Gasteiger partial charge in [-0.05, 0) is 6.42 Å². The molecule has 0 aliphatic rings. The maximum atomic E-state index is 10.7. The maximum Gasteiger partial charge on any atom is 0.298 e. The number of hydrogen-bond acceptors (Lipinski definition) is 0. The van der Waals surface area contributed by atoms with Gasteiger partial charge in [0, 0.05) is 0 Å². The second-order valence-corrected chi connectivity index (χ2v) is 1.49. The Kier molecular flexibility index (Phi) is 56.1. The quantitative estimate of drug-likeness (QED) is 0.537. The van der Waals surface area contributed by atoms with E-state index in [4.69, 9.17) is 0 Å². The van der Waals surface area contributed by atoms with Crippen molar-refractivity contribution < 1.29 is 30.7 Å². The molecule has 0 aromatic carbocycles. The SMILES string of the molecule is C=CF.CCCF.FC=C(F)F.FC=CF. The molecule has 16 heavy (non-hydrogen) atoms. The van der Waals surface area contributed by atoms with Crippen LogP contribution in [0.5, 0.6) is 0 Å². The summed E-state index contributed by atoms with van der Waals surface area (Å²) >= 11 is 0. The van der Waals surface area contributed by atoms with E-state index in [-0.39, 0.29) is 25.7 Å². The first-order valence-corrected chi connectivity index (χ1v) is 3.76. The summed E-state index contributed by atoms with van der Waals surface area (Å²) in [5.41, 5.74) is 0. The van der Waals surface area contributed by atoms with E-state index >= 15 is 0 Å². The third-order valence-electron chi connectivity index (χ3n) is 0.319. The summed E-state index contributed by atoms with van der Waals surface area (Å²) in [6.07, 6.45) is -2.47. The molecule has 0 spiro atoms. The van der Waals surface area contributed by atoms with Gasteiger partial charge in [0.15, 0.2) is 6.33 Å². The lowest BCUT2D eigenvalue weighted by atomic mass is 10.6. The summed E-state index contributed by atoms with van der Waals surface area (Å²) < 4.78 is 71.8. The number of alkyl halides is 1. The summed E-state index contributed by atoms with van der Waals surface area (Å²) in [4.78, 5) is 0.